The zero-order valence-corrected chi connectivity index (χ0v) is 35.7. The number of aryl methyl sites for hydroxylation is 1. The maximum Gasteiger partial charge on any atom is 0.408 e. The molecule has 4 aromatic rings. The minimum atomic E-state index is -1.04. The van der Waals surface area contributed by atoms with Crippen molar-refractivity contribution in [3.63, 3.8) is 0 Å². The molecule has 0 aliphatic rings. The predicted molar refractivity (Wildman–Crippen MR) is 233 cm³/mol. The van der Waals surface area contributed by atoms with Crippen LogP contribution in [0.15, 0.2) is 84.9 Å². The Hall–Kier alpha value is -6.97. The van der Waals surface area contributed by atoms with Crippen molar-refractivity contribution in [3.8, 4) is 23.0 Å². The molecule has 16 nitrogen and oxygen atoms in total. The minimum Gasteiger partial charge on any atom is -0.507 e. The van der Waals surface area contributed by atoms with Gasteiger partial charge in [-0.2, -0.15) is 0 Å². The molecule has 4 aromatic carbocycles. The van der Waals surface area contributed by atoms with Gasteiger partial charge in [-0.25, -0.2) is 4.79 Å². The fourth-order valence-electron chi connectivity index (χ4n) is 6.34. The Bertz CT molecular complexity index is 2110. The molecule has 0 heterocycles. The van der Waals surface area contributed by atoms with Gasteiger partial charge >= 0.3 is 12.1 Å². The molecule has 0 spiro atoms. The van der Waals surface area contributed by atoms with Gasteiger partial charge in [0.05, 0.1) is 32.7 Å². The number of carbonyl (C=O) groups excluding carboxylic acids is 5. The third-order valence-corrected chi connectivity index (χ3v) is 9.95. The lowest BCUT2D eigenvalue weighted by atomic mass is 10.0. The van der Waals surface area contributed by atoms with Gasteiger partial charge in [-0.05, 0) is 78.6 Å². The fraction of sp³-hybridized carbons (Fsp3) is 0.370. The molecule has 4 amide bonds. The number of anilines is 2. The van der Waals surface area contributed by atoms with E-state index in [9.17, 15) is 34.2 Å². The summed E-state index contributed by atoms with van der Waals surface area (Å²) in [7, 11) is 4.28. The lowest BCUT2D eigenvalue weighted by Crippen LogP contribution is -2.47. The van der Waals surface area contributed by atoms with E-state index in [4.69, 9.17) is 18.9 Å². The van der Waals surface area contributed by atoms with E-state index in [2.05, 4.69) is 26.6 Å². The normalized spacial score (nSPS) is 11.7. The highest BCUT2D eigenvalue weighted by atomic mass is 16.5. The number of benzene rings is 4. The number of methoxy groups -OCH3 is 3. The van der Waals surface area contributed by atoms with Crippen LogP contribution in [0.1, 0.15) is 68.2 Å². The zero-order chi connectivity index (χ0) is 45.0. The van der Waals surface area contributed by atoms with Crippen LogP contribution in [0.5, 0.6) is 23.0 Å². The predicted octanol–water partition coefficient (Wildman–Crippen LogP) is 6.08. The van der Waals surface area contributed by atoms with Gasteiger partial charge in [0.2, 0.25) is 17.7 Å². The Kier molecular flexibility index (Phi) is 18.7. The molecule has 0 aliphatic heterocycles. The zero-order valence-electron chi connectivity index (χ0n) is 35.7. The molecular formula is C46H57N5O11. The molecule has 62 heavy (non-hydrogen) atoms. The van der Waals surface area contributed by atoms with Gasteiger partial charge in [0.15, 0.2) is 5.75 Å². The molecule has 2 atom stereocenters. The monoisotopic (exact) mass is 855 g/mol. The molecule has 0 aliphatic carbocycles. The number of unbranched alkanes of at least 4 members (excludes halogenated alkanes) is 1. The van der Waals surface area contributed by atoms with Gasteiger partial charge in [0.1, 0.15) is 35.9 Å². The second-order valence-corrected chi connectivity index (χ2v) is 14.8. The number of alkyl carbamates (subject to hydrolysis) is 1. The summed E-state index contributed by atoms with van der Waals surface area (Å²) < 4.78 is 20.4. The summed E-state index contributed by atoms with van der Waals surface area (Å²) in [4.78, 5) is 64.5. The second kappa shape index (κ2) is 24.3. The maximum atomic E-state index is 13.5. The van der Waals surface area contributed by atoms with Crippen molar-refractivity contribution in [2.24, 2.45) is 5.92 Å². The molecule has 7 N–H and O–H groups in total. The number of nitrogens with one attached hydrogen (secondary N) is 5. The third kappa shape index (κ3) is 14.9. The number of ether oxygens (including phenoxy) is 4. The van der Waals surface area contributed by atoms with Crippen molar-refractivity contribution in [2.45, 2.75) is 84.2 Å². The van der Waals surface area contributed by atoms with Crippen LogP contribution in [0.2, 0.25) is 0 Å². The number of esters is 1. The SMILES string of the molecule is COC(=O)CCC(NC(=O)CCCCc1ccc(NC(=O)[C@@H](NC(=O)OCc2ccccc2)C(C)C)c(O)c1NCc1ccc(OC)cc1)C(=O)NCc1ccc(OC)cc1O. The van der Waals surface area contributed by atoms with Crippen molar-refractivity contribution in [1.82, 2.24) is 16.0 Å². The highest BCUT2D eigenvalue weighted by molar-refractivity contribution is 5.99. The van der Waals surface area contributed by atoms with Crippen LogP contribution < -0.4 is 36.1 Å². The number of phenols is 2. The molecule has 4 rings (SSSR count). The summed E-state index contributed by atoms with van der Waals surface area (Å²) in [5.74, 6) is -1.50. The second-order valence-electron chi connectivity index (χ2n) is 14.8. The Morgan fingerprint density at radius 3 is 2.06 bits per heavy atom. The van der Waals surface area contributed by atoms with Crippen LogP contribution >= 0.6 is 0 Å². The van der Waals surface area contributed by atoms with Crippen LogP contribution in [0.4, 0.5) is 16.2 Å². The Balaban J connectivity index is 1.41. The maximum absolute atomic E-state index is 13.5. The smallest absolute Gasteiger partial charge is 0.408 e. The lowest BCUT2D eigenvalue weighted by Gasteiger charge is -2.23. The van der Waals surface area contributed by atoms with E-state index in [1.807, 2.05) is 54.6 Å². The minimum absolute atomic E-state index is 0.00342. The number of carbonyl (C=O) groups is 5. The summed E-state index contributed by atoms with van der Waals surface area (Å²) in [5, 5.41) is 36.0. The van der Waals surface area contributed by atoms with E-state index >= 15 is 0 Å². The van der Waals surface area contributed by atoms with Crippen molar-refractivity contribution in [3.05, 3.63) is 107 Å². The Morgan fingerprint density at radius 2 is 1.40 bits per heavy atom. The first-order valence-corrected chi connectivity index (χ1v) is 20.3. The fourth-order valence-corrected chi connectivity index (χ4v) is 6.34. The molecule has 0 saturated heterocycles. The average Bonchev–Trinajstić information content (AvgIpc) is 3.27. The average molecular weight is 856 g/mol. The summed E-state index contributed by atoms with van der Waals surface area (Å²) in [6, 6.07) is 22.5. The van der Waals surface area contributed by atoms with Crippen LogP contribution in [0.25, 0.3) is 0 Å². The van der Waals surface area contributed by atoms with E-state index < -0.39 is 41.9 Å². The Labute approximate surface area is 361 Å². The van der Waals surface area contributed by atoms with Crippen LogP contribution in [0, 0.1) is 5.92 Å². The van der Waals surface area contributed by atoms with Gasteiger partial charge in [-0.3, -0.25) is 19.2 Å². The molecule has 16 heteroatoms. The molecule has 0 aromatic heterocycles. The third-order valence-electron chi connectivity index (χ3n) is 9.95. The molecule has 1 unspecified atom stereocenters. The largest absolute Gasteiger partial charge is 0.507 e. The van der Waals surface area contributed by atoms with Crippen LogP contribution in [0.3, 0.4) is 0 Å². The van der Waals surface area contributed by atoms with Crippen molar-refractivity contribution in [1.29, 1.82) is 0 Å². The first-order valence-electron chi connectivity index (χ1n) is 20.3. The number of amides is 4. The molecule has 0 saturated carbocycles. The number of hydrogen-bond acceptors (Lipinski definition) is 12. The van der Waals surface area contributed by atoms with Gasteiger partial charge < -0.3 is 55.7 Å². The number of phenolic OH excluding ortho intramolecular Hbond substituents is 2. The van der Waals surface area contributed by atoms with E-state index in [1.165, 1.54) is 20.3 Å². The first-order chi connectivity index (χ1) is 29.8. The highest BCUT2D eigenvalue weighted by Crippen LogP contribution is 2.37. The van der Waals surface area contributed by atoms with Gasteiger partial charge in [-0.1, -0.05) is 62.4 Å². The van der Waals surface area contributed by atoms with Crippen molar-refractivity contribution in [2.75, 3.05) is 32.0 Å². The summed E-state index contributed by atoms with van der Waals surface area (Å²) in [6.07, 6.45) is 0.547. The number of aromatic hydroxyl groups is 2. The summed E-state index contributed by atoms with van der Waals surface area (Å²) in [5.41, 5.74) is 3.34. The molecular weight excluding hydrogens is 799 g/mol. The molecule has 332 valence electrons. The van der Waals surface area contributed by atoms with Gasteiger partial charge in [-0.15, -0.1) is 0 Å². The topological polar surface area (TPSA) is 223 Å². The van der Waals surface area contributed by atoms with Crippen molar-refractivity contribution >= 4 is 41.2 Å². The van der Waals surface area contributed by atoms with E-state index in [0.717, 1.165) is 16.7 Å². The van der Waals surface area contributed by atoms with E-state index in [0.29, 0.717) is 48.6 Å². The summed E-state index contributed by atoms with van der Waals surface area (Å²) in [6.45, 7) is 3.88. The van der Waals surface area contributed by atoms with Crippen LogP contribution in [-0.2, 0) is 54.8 Å². The lowest BCUT2D eigenvalue weighted by molar-refractivity contribution is -0.141. The molecule has 0 radical (unpaired) electrons. The standard InChI is InChI=1S/C46H57N5O11/c1-29(2)41(51-46(58)62-28-31-11-7-6-8-12-31)45(57)50-36-22-18-32(42(43(36)55)47-26-30-15-19-34(59-3)20-16-30)13-9-10-14-39(53)49-37(23-24-40(54)61-5)44(56)48-27-33-17-21-35(60-4)25-38(33)52/h6-8,11-12,15-22,25,29,37,41,47,52,55H,9-10,13-14,23-24,26-28H2,1-5H3,(H,48,56)(H,49,53)(H,50,57)(H,51,58)/t37?,41-/m0/s1. The van der Waals surface area contributed by atoms with E-state index in [1.54, 1.807) is 45.2 Å². The Morgan fingerprint density at radius 1 is 0.710 bits per heavy atom. The highest BCUT2D eigenvalue weighted by Gasteiger charge is 2.27. The van der Waals surface area contributed by atoms with Crippen LogP contribution in [-0.4, -0.2) is 73.4 Å². The molecule has 0 bridgehead atoms. The first kappa shape index (κ1) is 47.7. The quantitative estimate of drug-likeness (QED) is 0.0256. The van der Waals surface area contributed by atoms with Gasteiger partial charge in [0.25, 0.3) is 0 Å². The number of rotatable bonds is 23. The van der Waals surface area contributed by atoms with Crippen molar-refractivity contribution < 1.29 is 53.1 Å². The number of hydrogen-bond donors (Lipinski definition) is 7. The van der Waals surface area contributed by atoms with E-state index in [-0.39, 0.29) is 55.5 Å². The summed E-state index contributed by atoms with van der Waals surface area (Å²) >= 11 is 0. The van der Waals surface area contributed by atoms with Gasteiger partial charge in [0, 0.05) is 37.6 Å². The molecule has 0 fully saturated rings.